The topological polar surface area (TPSA) is 58.4 Å². The number of carbonyl (C=O) groups is 1. The van der Waals surface area contributed by atoms with Crippen molar-refractivity contribution in [1.29, 1.82) is 0 Å². The molecule has 3 N–H and O–H groups in total. The highest BCUT2D eigenvalue weighted by molar-refractivity contribution is 5.86. The van der Waals surface area contributed by atoms with Crippen molar-refractivity contribution in [2.24, 2.45) is 5.73 Å². The van der Waals surface area contributed by atoms with Crippen LogP contribution in [0, 0.1) is 0 Å². The van der Waals surface area contributed by atoms with E-state index < -0.39 is 0 Å². The minimum absolute atomic E-state index is 0.0126. The Morgan fingerprint density at radius 2 is 2.15 bits per heavy atom. The van der Waals surface area contributed by atoms with E-state index in [9.17, 15) is 4.79 Å². The molecule has 20 heavy (non-hydrogen) atoms. The molecule has 1 saturated heterocycles. The number of para-hydroxylation sites is 1. The van der Waals surface area contributed by atoms with Gasteiger partial charge in [-0.25, -0.2) is 0 Å². The lowest BCUT2D eigenvalue weighted by Crippen LogP contribution is -2.45. The number of benzene rings is 1. The number of anilines is 1. The van der Waals surface area contributed by atoms with Gasteiger partial charge in [0.05, 0.1) is 0 Å². The molecule has 0 radical (unpaired) electrons. The summed E-state index contributed by atoms with van der Waals surface area (Å²) in [4.78, 5) is 14.6. The van der Waals surface area contributed by atoms with Gasteiger partial charge in [-0.15, -0.1) is 0 Å². The summed E-state index contributed by atoms with van der Waals surface area (Å²) in [6, 6.07) is 8.46. The van der Waals surface area contributed by atoms with Crippen molar-refractivity contribution in [2.75, 3.05) is 24.5 Å². The first-order chi connectivity index (χ1) is 9.81. The van der Waals surface area contributed by atoms with Crippen molar-refractivity contribution in [3.8, 4) is 0 Å². The Hall–Kier alpha value is -1.55. The van der Waals surface area contributed by atoms with E-state index in [0.29, 0.717) is 12.5 Å². The van der Waals surface area contributed by atoms with Crippen LogP contribution in [0.3, 0.4) is 0 Å². The van der Waals surface area contributed by atoms with Crippen molar-refractivity contribution in [2.45, 2.75) is 37.6 Å². The van der Waals surface area contributed by atoms with Crippen LogP contribution in [0.15, 0.2) is 24.3 Å². The van der Waals surface area contributed by atoms with Gasteiger partial charge in [-0.2, -0.15) is 0 Å². The summed E-state index contributed by atoms with van der Waals surface area (Å²) in [5.74, 6) is 0.651. The number of carbonyl (C=O) groups excluding carboxylic acids is 1. The number of amides is 1. The van der Waals surface area contributed by atoms with E-state index in [-0.39, 0.29) is 11.9 Å². The van der Waals surface area contributed by atoms with Gasteiger partial charge in [-0.3, -0.25) is 4.79 Å². The summed E-state index contributed by atoms with van der Waals surface area (Å²) >= 11 is 0. The zero-order valence-corrected chi connectivity index (χ0v) is 11.8. The zero-order chi connectivity index (χ0) is 13.9. The highest BCUT2D eigenvalue weighted by atomic mass is 16.2. The lowest BCUT2D eigenvalue weighted by Gasteiger charge is -2.28. The van der Waals surface area contributed by atoms with Crippen molar-refractivity contribution >= 4 is 11.6 Å². The third-order valence-electron chi connectivity index (χ3n) is 4.50. The maximum Gasteiger partial charge on any atom is 0.242 e. The summed E-state index contributed by atoms with van der Waals surface area (Å²) < 4.78 is 0. The monoisotopic (exact) mass is 273 g/mol. The molecule has 0 spiro atoms. The van der Waals surface area contributed by atoms with Gasteiger partial charge in [0.2, 0.25) is 5.91 Å². The highest BCUT2D eigenvalue weighted by Gasteiger charge is 2.35. The first kappa shape index (κ1) is 13.4. The van der Waals surface area contributed by atoms with E-state index in [1.807, 2.05) is 0 Å². The molecule has 1 aromatic carbocycles. The van der Waals surface area contributed by atoms with Crippen LogP contribution >= 0.6 is 0 Å². The second kappa shape index (κ2) is 5.83. The molecule has 0 saturated carbocycles. The van der Waals surface area contributed by atoms with Crippen LogP contribution in [0.5, 0.6) is 0 Å². The van der Waals surface area contributed by atoms with Crippen molar-refractivity contribution < 1.29 is 4.79 Å². The number of nitrogens with zero attached hydrogens (tertiary/aromatic N) is 1. The molecule has 2 aliphatic heterocycles. The quantitative estimate of drug-likeness (QED) is 0.879. The number of fused-ring (bicyclic) bond motifs is 1. The predicted octanol–water partition coefficient (Wildman–Crippen LogP) is 1.61. The number of rotatable bonds is 3. The average Bonchev–Trinajstić information content (AvgIpc) is 2.68. The summed E-state index contributed by atoms with van der Waals surface area (Å²) in [7, 11) is 0. The molecule has 1 aromatic rings. The van der Waals surface area contributed by atoms with E-state index in [4.69, 9.17) is 5.73 Å². The first-order valence-corrected chi connectivity index (χ1v) is 7.64. The molecule has 0 aromatic heterocycles. The van der Waals surface area contributed by atoms with Crippen LogP contribution in [0.4, 0.5) is 5.69 Å². The van der Waals surface area contributed by atoms with Crippen LogP contribution in [0.25, 0.3) is 0 Å². The molecule has 108 valence electrons. The Balaban J connectivity index is 1.88. The zero-order valence-electron chi connectivity index (χ0n) is 11.8. The van der Waals surface area contributed by atoms with Crippen molar-refractivity contribution in [3.63, 3.8) is 0 Å². The second-order valence-electron chi connectivity index (χ2n) is 5.79. The molecule has 4 heteroatoms. The molecular formula is C16H23N3O. The number of nitrogens with two attached hydrogens (primary N) is 1. The fourth-order valence-electron chi connectivity index (χ4n) is 3.49. The molecule has 0 aliphatic carbocycles. The van der Waals surface area contributed by atoms with Gasteiger partial charge in [0, 0.05) is 24.7 Å². The van der Waals surface area contributed by atoms with E-state index in [2.05, 4.69) is 34.5 Å². The van der Waals surface area contributed by atoms with Gasteiger partial charge >= 0.3 is 0 Å². The van der Waals surface area contributed by atoms with Gasteiger partial charge in [0.25, 0.3) is 0 Å². The third-order valence-corrected chi connectivity index (χ3v) is 4.50. The normalized spacial score (nSPS) is 26.1. The predicted molar refractivity (Wildman–Crippen MR) is 80.8 cm³/mol. The fraction of sp³-hybridized carbons (Fsp3) is 0.562. The Morgan fingerprint density at radius 1 is 1.30 bits per heavy atom. The molecule has 1 fully saturated rings. The summed E-state index contributed by atoms with van der Waals surface area (Å²) in [5.41, 5.74) is 8.33. The molecule has 3 rings (SSSR count). The van der Waals surface area contributed by atoms with Crippen molar-refractivity contribution in [1.82, 2.24) is 5.32 Å². The highest BCUT2D eigenvalue weighted by Crippen LogP contribution is 2.39. The molecule has 2 atom stereocenters. The third kappa shape index (κ3) is 2.40. The van der Waals surface area contributed by atoms with Crippen LogP contribution in [-0.4, -0.2) is 31.6 Å². The smallest absolute Gasteiger partial charge is 0.242 e. The van der Waals surface area contributed by atoms with Gasteiger partial charge in [-0.1, -0.05) is 18.2 Å². The molecule has 2 unspecified atom stereocenters. The minimum Gasteiger partial charge on any atom is -0.359 e. The van der Waals surface area contributed by atoms with Crippen LogP contribution in [0.1, 0.15) is 37.2 Å². The Bertz CT molecular complexity index is 488. The standard InChI is InChI=1S/C16H23N3O/c17-9-8-12-11-19(14-6-2-1-5-13(12)14)15-7-3-4-10-18-16(15)20/h1-2,5-6,12,15H,3-4,7-11,17H2,(H,18,20). The van der Waals surface area contributed by atoms with Gasteiger partial charge in [0.1, 0.15) is 6.04 Å². The maximum atomic E-state index is 12.3. The molecule has 2 heterocycles. The molecular weight excluding hydrogens is 250 g/mol. The second-order valence-corrected chi connectivity index (χ2v) is 5.79. The lowest BCUT2D eigenvalue weighted by molar-refractivity contribution is -0.122. The Morgan fingerprint density at radius 3 is 3.00 bits per heavy atom. The molecule has 1 amide bonds. The number of nitrogens with one attached hydrogen (secondary N) is 1. The lowest BCUT2D eigenvalue weighted by atomic mass is 9.98. The van der Waals surface area contributed by atoms with E-state index in [1.54, 1.807) is 0 Å². The minimum atomic E-state index is -0.0126. The largest absolute Gasteiger partial charge is 0.359 e. The average molecular weight is 273 g/mol. The summed E-state index contributed by atoms with van der Waals surface area (Å²) in [6.07, 6.45) is 4.14. The van der Waals surface area contributed by atoms with E-state index in [1.165, 1.54) is 11.3 Å². The van der Waals surface area contributed by atoms with E-state index >= 15 is 0 Å². The first-order valence-electron chi connectivity index (χ1n) is 7.64. The fourth-order valence-corrected chi connectivity index (χ4v) is 3.49. The van der Waals surface area contributed by atoms with Gasteiger partial charge < -0.3 is 16.0 Å². The molecule has 0 bridgehead atoms. The number of hydrogen-bond donors (Lipinski definition) is 2. The molecule has 4 nitrogen and oxygen atoms in total. The van der Waals surface area contributed by atoms with Gasteiger partial charge in [-0.05, 0) is 43.9 Å². The number of hydrogen-bond acceptors (Lipinski definition) is 3. The molecule has 2 aliphatic rings. The maximum absolute atomic E-state index is 12.3. The van der Waals surface area contributed by atoms with E-state index in [0.717, 1.165) is 38.8 Å². The van der Waals surface area contributed by atoms with Crippen molar-refractivity contribution in [3.05, 3.63) is 29.8 Å². The Labute approximate surface area is 120 Å². The Kier molecular flexibility index (Phi) is 3.92. The van der Waals surface area contributed by atoms with Gasteiger partial charge in [0.15, 0.2) is 0 Å². The summed E-state index contributed by atoms with van der Waals surface area (Å²) in [5, 5.41) is 3.04. The van der Waals surface area contributed by atoms with Crippen LogP contribution in [0.2, 0.25) is 0 Å². The van der Waals surface area contributed by atoms with Crippen LogP contribution < -0.4 is 16.0 Å². The van der Waals surface area contributed by atoms with Crippen LogP contribution in [-0.2, 0) is 4.79 Å². The SMILES string of the molecule is NCCC1CN(C2CCCCNC2=O)c2ccccc21. The summed E-state index contributed by atoms with van der Waals surface area (Å²) in [6.45, 7) is 2.44.